The molecule has 0 unspecified atom stereocenters. The van der Waals surface area contributed by atoms with E-state index in [9.17, 15) is 9.59 Å². The van der Waals surface area contributed by atoms with Crippen LogP contribution in [0.2, 0.25) is 0 Å². The van der Waals surface area contributed by atoms with Crippen LogP contribution in [0, 0.1) is 6.92 Å². The Kier molecular flexibility index (Phi) is 6.05. The van der Waals surface area contributed by atoms with Crippen LogP contribution in [-0.2, 0) is 13.6 Å². The van der Waals surface area contributed by atoms with Crippen LogP contribution in [0.3, 0.4) is 0 Å². The third-order valence-electron chi connectivity index (χ3n) is 6.57. The van der Waals surface area contributed by atoms with Crippen LogP contribution < -0.4 is 5.73 Å². The molecule has 2 N–H and O–H groups in total. The van der Waals surface area contributed by atoms with Gasteiger partial charge in [0.05, 0.1) is 22.3 Å². The van der Waals surface area contributed by atoms with Gasteiger partial charge >= 0.3 is 0 Å². The molecule has 0 saturated carbocycles. The van der Waals surface area contributed by atoms with Crippen LogP contribution in [0.15, 0.2) is 60.7 Å². The number of piperazine rings is 1. The van der Waals surface area contributed by atoms with Gasteiger partial charge in [-0.15, -0.1) is 0 Å². The third kappa shape index (κ3) is 4.52. The molecule has 0 radical (unpaired) electrons. The van der Waals surface area contributed by atoms with Crippen molar-refractivity contribution in [3.05, 3.63) is 83.0 Å². The van der Waals surface area contributed by atoms with Crippen molar-refractivity contribution in [2.24, 2.45) is 12.8 Å². The average Bonchev–Trinajstić information content (AvgIpc) is 3.17. The lowest BCUT2D eigenvalue weighted by Crippen LogP contribution is -2.48. The highest BCUT2D eigenvalue weighted by molar-refractivity contribution is 6.07. The normalized spacial score (nSPS) is 14.4. The van der Waals surface area contributed by atoms with Crippen molar-refractivity contribution >= 4 is 22.8 Å². The van der Waals surface area contributed by atoms with Gasteiger partial charge in [-0.25, -0.2) is 4.98 Å². The first-order valence-corrected chi connectivity index (χ1v) is 11.7. The monoisotopic (exact) mass is 468 g/mol. The number of hydrogen-bond acceptors (Lipinski definition) is 5. The fourth-order valence-electron chi connectivity index (χ4n) is 4.68. The number of carbonyl (C=O) groups is 2. The van der Waals surface area contributed by atoms with Crippen LogP contribution in [0.25, 0.3) is 22.3 Å². The van der Waals surface area contributed by atoms with Crippen LogP contribution in [0.5, 0.6) is 0 Å². The zero-order chi connectivity index (χ0) is 24.5. The van der Waals surface area contributed by atoms with E-state index < -0.39 is 5.91 Å². The number of primary amides is 1. The molecule has 2 aromatic carbocycles. The number of nitrogens with two attached hydrogens (primary N) is 1. The zero-order valence-electron chi connectivity index (χ0n) is 19.9. The Bertz CT molecular complexity index is 1390. The number of aryl methyl sites for hydroxylation is 2. The quantitative estimate of drug-likeness (QED) is 0.486. The van der Waals surface area contributed by atoms with Gasteiger partial charge in [0.2, 0.25) is 5.91 Å². The first-order chi connectivity index (χ1) is 16.9. The summed E-state index contributed by atoms with van der Waals surface area (Å²) in [5.41, 5.74) is 10.9. The number of carbonyl (C=O) groups excluding carboxylic acids is 2. The molecule has 1 aliphatic heterocycles. The highest BCUT2D eigenvalue weighted by Gasteiger charge is 2.26. The van der Waals surface area contributed by atoms with Crippen molar-refractivity contribution in [1.29, 1.82) is 0 Å². The average molecular weight is 469 g/mol. The summed E-state index contributed by atoms with van der Waals surface area (Å²) in [7, 11) is 1.86. The Balaban J connectivity index is 1.35. The highest BCUT2D eigenvalue weighted by Crippen LogP contribution is 2.28. The van der Waals surface area contributed by atoms with Crippen molar-refractivity contribution in [2.45, 2.75) is 13.5 Å². The maximum absolute atomic E-state index is 13.7. The van der Waals surface area contributed by atoms with Gasteiger partial charge in [-0.2, -0.15) is 5.10 Å². The van der Waals surface area contributed by atoms with Gasteiger partial charge in [-0.3, -0.25) is 19.2 Å². The molecule has 3 heterocycles. The van der Waals surface area contributed by atoms with E-state index in [4.69, 9.17) is 10.7 Å². The Labute approximate surface area is 204 Å². The summed E-state index contributed by atoms with van der Waals surface area (Å²) in [4.78, 5) is 34.1. The summed E-state index contributed by atoms with van der Waals surface area (Å²) in [5, 5.41) is 5.35. The lowest BCUT2D eigenvalue weighted by Gasteiger charge is -2.35. The van der Waals surface area contributed by atoms with E-state index in [-0.39, 0.29) is 5.91 Å². The Morgan fingerprint density at radius 3 is 2.31 bits per heavy atom. The number of benzene rings is 2. The molecule has 1 fully saturated rings. The molecule has 8 nitrogen and oxygen atoms in total. The van der Waals surface area contributed by atoms with Crippen LogP contribution in [0.4, 0.5) is 0 Å². The molecule has 2 aromatic heterocycles. The molecule has 178 valence electrons. The highest BCUT2D eigenvalue weighted by atomic mass is 16.2. The second-order valence-electron chi connectivity index (χ2n) is 8.96. The van der Waals surface area contributed by atoms with Gasteiger partial charge in [0.15, 0.2) is 5.65 Å². The van der Waals surface area contributed by atoms with Crippen LogP contribution in [0.1, 0.15) is 32.0 Å². The summed E-state index contributed by atoms with van der Waals surface area (Å²) < 4.78 is 1.75. The van der Waals surface area contributed by atoms with E-state index >= 15 is 0 Å². The Hall–Kier alpha value is -4.04. The number of aromatic nitrogens is 3. The summed E-state index contributed by atoms with van der Waals surface area (Å²) in [6.07, 6.45) is 0. The van der Waals surface area contributed by atoms with Gasteiger partial charge in [0.1, 0.15) is 0 Å². The fraction of sp³-hybridized carbons (Fsp3) is 0.259. The number of amides is 2. The van der Waals surface area contributed by atoms with E-state index in [0.29, 0.717) is 29.9 Å². The number of nitrogens with zero attached hydrogens (tertiary/aromatic N) is 5. The first-order valence-electron chi connectivity index (χ1n) is 11.7. The first kappa shape index (κ1) is 22.7. The number of fused-ring (bicyclic) bond motifs is 1. The molecule has 0 spiro atoms. The SMILES string of the molecule is Cc1nn(C)c2nc(-c3ccccc3)cc(C(=O)N3CCN(Cc4ccc(C(N)=O)cc4)CC3)c12. The topological polar surface area (TPSA) is 97.3 Å². The summed E-state index contributed by atoms with van der Waals surface area (Å²) in [5.74, 6) is -0.413. The van der Waals surface area contributed by atoms with Crippen molar-refractivity contribution in [3.63, 3.8) is 0 Å². The minimum absolute atomic E-state index is 0.0103. The van der Waals surface area contributed by atoms with Gasteiger partial charge in [-0.1, -0.05) is 42.5 Å². The van der Waals surface area contributed by atoms with Gasteiger partial charge in [-0.05, 0) is 30.7 Å². The molecule has 8 heteroatoms. The molecular formula is C27H28N6O2. The molecule has 1 aliphatic rings. The summed E-state index contributed by atoms with van der Waals surface area (Å²) in [6, 6.07) is 19.2. The predicted octanol–water partition coefficient (Wildman–Crippen LogP) is 3.00. The summed E-state index contributed by atoms with van der Waals surface area (Å²) in [6.45, 7) is 5.51. The molecule has 0 bridgehead atoms. The van der Waals surface area contributed by atoms with Crippen molar-refractivity contribution in [2.75, 3.05) is 26.2 Å². The fourth-order valence-corrected chi connectivity index (χ4v) is 4.68. The predicted molar refractivity (Wildman–Crippen MR) is 135 cm³/mol. The van der Waals surface area contributed by atoms with Crippen molar-refractivity contribution in [1.82, 2.24) is 24.6 Å². The zero-order valence-corrected chi connectivity index (χ0v) is 19.9. The van der Waals surface area contributed by atoms with Crippen LogP contribution in [-0.4, -0.2) is 62.6 Å². The molecule has 1 saturated heterocycles. The second-order valence-corrected chi connectivity index (χ2v) is 8.96. The maximum atomic E-state index is 13.7. The van der Waals surface area contributed by atoms with Crippen molar-refractivity contribution < 1.29 is 9.59 Å². The summed E-state index contributed by atoms with van der Waals surface area (Å²) >= 11 is 0. The Morgan fingerprint density at radius 1 is 0.971 bits per heavy atom. The molecule has 0 aliphatic carbocycles. The minimum atomic E-state index is -0.423. The number of rotatable bonds is 5. The molecule has 5 rings (SSSR count). The molecule has 2 amide bonds. The molecule has 4 aromatic rings. The lowest BCUT2D eigenvalue weighted by atomic mass is 10.0. The maximum Gasteiger partial charge on any atom is 0.254 e. The van der Waals surface area contributed by atoms with E-state index in [1.165, 1.54) is 0 Å². The molecular weight excluding hydrogens is 440 g/mol. The van der Waals surface area contributed by atoms with E-state index in [0.717, 1.165) is 47.5 Å². The largest absolute Gasteiger partial charge is 0.366 e. The smallest absolute Gasteiger partial charge is 0.254 e. The van der Waals surface area contributed by atoms with Gasteiger partial charge < -0.3 is 10.6 Å². The van der Waals surface area contributed by atoms with Gasteiger partial charge in [0.25, 0.3) is 5.91 Å². The molecule has 0 atom stereocenters. The number of pyridine rings is 1. The van der Waals surface area contributed by atoms with Crippen molar-refractivity contribution in [3.8, 4) is 11.3 Å². The lowest BCUT2D eigenvalue weighted by molar-refractivity contribution is 0.0630. The standard InChI is InChI=1S/C27H28N6O2/c1-18-24-22(16-23(20-6-4-3-5-7-20)29-26(24)31(2)30-18)27(35)33-14-12-32(13-15-33)17-19-8-10-21(11-9-19)25(28)34/h3-11,16H,12-15,17H2,1-2H3,(H2,28,34). The van der Waals surface area contributed by atoms with Crippen LogP contribution >= 0.6 is 0 Å². The van der Waals surface area contributed by atoms with Gasteiger partial charge in [0, 0.05) is 50.9 Å². The second kappa shape index (κ2) is 9.31. The number of hydrogen-bond donors (Lipinski definition) is 1. The third-order valence-corrected chi connectivity index (χ3v) is 6.57. The van der Waals surface area contributed by atoms with E-state index in [1.54, 1.807) is 16.8 Å². The minimum Gasteiger partial charge on any atom is -0.366 e. The molecule has 35 heavy (non-hydrogen) atoms. The van der Waals surface area contributed by atoms with E-state index in [1.807, 2.05) is 67.4 Å². The van der Waals surface area contributed by atoms with E-state index in [2.05, 4.69) is 10.00 Å². The Morgan fingerprint density at radius 2 is 1.66 bits per heavy atom.